The molecule has 0 atom stereocenters. The largest absolute Gasteiger partial charge is 0.456 e. The minimum atomic E-state index is -0.476. The van der Waals surface area contributed by atoms with Gasteiger partial charge in [0.05, 0.1) is 16.4 Å². The second kappa shape index (κ2) is 16.0. The Morgan fingerprint density at radius 3 is 1.53 bits per heavy atom. The van der Waals surface area contributed by atoms with Crippen LogP contribution in [0.25, 0.3) is 82.8 Å². The third-order valence-corrected chi connectivity index (χ3v) is 14.7. The normalized spacial score (nSPS) is 12.7. The molecule has 11 aromatic carbocycles. The molecule has 14 rings (SSSR count). The molecule has 0 N–H and O–H groups in total. The number of anilines is 3. The summed E-state index contributed by atoms with van der Waals surface area (Å²) in [5.41, 5.74) is 20.3. The van der Waals surface area contributed by atoms with Crippen molar-refractivity contribution in [3.8, 4) is 39.1 Å². The second-order valence-electron chi connectivity index (χ2n) is 18.4. The summed E-state index contributed by atoms with van der Waals surface area (Å²) in [6, 6.07) is 97.4. The highest BCUT2D eigenvalue weighted by atomic mass is 16.3. The van der Waals surface area contributed by atoms with Crippen LogP contribution in [0.2, 0.25) is 0 Å². The van der Waals surface area contributed by atoms with Crippen LogP contribution in [0.5, 0.6) is 0 Å². The Balaban J connectivity index is 0.904. The number of furan rings is 1. The van der Waals surface area contributed by atoms with Crippen LogP contribution in [0.1, 0.15) is 22.3 Å². The van der Waals surface area contributed by atoms with E-state index >= 15 is 0 Å². The first-order valence-electron chi connectivity index (χ1n) is 24.1. The third kappa shape index (κ3) is 6.15. The van der Waals surface area contributed by atoms with E-state index in [9.17, 15) is 0 Å². The fourth-order valence-electron chi connectivity index (χ4n) is 11.6. The first kappa shape index (κ1) is 39.9. The Morgan fingerprint density at radius 1 is 0.314 bits per heavy atom. The molecule has 0 unspecified atom stereocenters. The fourth-order valence-corrected chi connectivity index (χ4v) is 11.6. The van der Waals surface area contributed by atoms with Gasteiger partial charge in [-0.3, -0.25) is 0 Å². The van der Waals surface area contributed by atoms with E-state index < -0.39 is 5.41 Å². The number of hydrogen-bond donors (Lipinski definition) is 0. The van der Waals surface area contributed by atoms with Crippen LogP contribution in [-0.4, -0.2) is 4.57 Å². The van der Waals surface area contributed by atoms with Crippen molar-refractivity contribution in [2.75, 3.05) is 4.90 Å². The molecular formula is C67H44N2O. The molecule has 0 fully saturated rings. The van der Waals surface area contributed by atoms with Gasteiger partial charge in [0.15, 0.2) is 0 Å². The summed E-state index contributed by atoms with van der Waals surface area (Å²) in [6.07, 6.45) is 0. The molecule has 3 heteroatoms. The SMILES string of the molecule is c1ccc(C2(c3ccccc3)c3ccccc3-c3cc(N(c4ccc(-c5cccc(-c6ccc7oc8ccccc8c7c6)c5)cc4)c4ccc(-n5c6ccccc6c6ccccc65)cc4)ccc32)cc1. The molecule has 13 aromatic rings. The van der Waals surface area contributed by atoms with Crippen molar-refractivity contribution in [3.05, 3.63) is 289 Å². The summed E-state index contributed by atoms with van der Waals surface area (Å²) in [4.78, 5) is 2.41. The number of nitrogens with zero attached hydrogens (tertiary/aromatic N) is 2. The molecule has 2 aromatic heterocycles. The molecular weight excluding hydrogens is 849 g/mol. The Morgan fingerprint density at radius 2 is 0.829 bits per heavy atom. The van der Waals surface area contributed by atoms with Crippen LogP contribution in [0.4, 0.5) is 17.1 Å². The average molecular weight is 893 g/mol. The molecule has 0 bridgehead atoms. The predicted molar refractivity (Wildman–Crippen MR) is 291 cm³/mol. The number of para-hydroxylation sites is 3. The van der Waals surface area contributed by atoms with Crippen LogP contribution < -0.4 is 4.90 Å². The van der Waals surface area contributed by atoms with Crippen molar-refractivity contribution in [1.29, 1.82) is 0 Å². The molecule has 70 heavy (non-hydrogen) atoms. The van der Waals surface area contributed by atoms with E-state index in [1.807, 2.05) is 12.1 Å². The Labute approximate surface area is 406 Å². The van der Waals surface area contributed by atoms with Crippen LogP contribution in [-0.2, 0) is 5.41 Å². The second-order valence-corrected chi connectivity index (χ2v) is 18.4. The van der Waals surface area contributed by atoms with Crippen molar-refractivity contribution >= 4 is 60.8 Å². The first-order chi connectivity index (χ1) is 34.7. The van der Waals surface area contributed by atoms with Gasteiger partial charge in [0, 0.05) is 44.3 Å². The van der Waals surface area contributed by atoms with Crippen LogP contribution in [0, 0.1) is 0 Å². The Hall–Kier alpha value is -9.18. The summed E-state index contributed by atoms with van der Waals surface area (Å²) in [7, 11) is 0. The highest BCUT2D eigenvalue weighted by molar-refractivity contribution is 6.09. The highest BCUT2D eigenvalue weighted by Gasteiger charge is 2.46. The molecule has 1 aliphatic carbocycles. The van der Waals surface area contributed by atoms with E-state index in [2.05, 4.69) is 264 Å². The molecule has 3 nitrogen and oxygen atoms in total. The van der Waals surface area contributed by atoms with Gasteiger partial charge in [-0.05, 0) is 141 Å². The van der Waals surface area contributed by atoms with Crippen LogP contribution in [0.3, 0.4) is 0 Å². The lowest BCUT2D eigenvalue weighted by Crippen LogP contribution is -2.28. The number of hydrogen-bond acceptors (Lipinski definition) is 2. The molecule has 0 amide bonds. The fraction of sp³-hybridized carbons (Fsp3) is 0.0149. The van der Waals surface area contributed by atoms with Gasteiger partial charge in [0.1, 0.15) is 11.2 Å². The number of fused-ring (bicyclic) bond motifs is 9. The molecule has 1 aliphatic rings. The smallest absolute Gasteiger partial charge is 0.135 e. The van der Waals surface area contributed by atoms with Crippen molar-refractivity contribution in [1.82, 2.24) is 4.57 Å². The Bertz CT molecular complexity index is 4020. The summed E-state index contributed by atoms with van der Waals surface area (Å²) in [6.45, 7) is 0. The molecule has 2 heterocycles. The van der Waals surface area contributed by atoms with Gasteiger partial charge in [-0.2, -0.15) is 0 Å². The lowest BCUT2D eigenvalue weighted by Gasteiger charge is -2.34. The minimum Gasteiger partial charge on any atom is -0.456 e. The van der Waals surface area contributed by atoms with Crippen LogP contribution in [0.15, 0.2) is 271 Å². The van der Waals surface area contributed by atoms with Gasteiger partial charge in [-0.15, -0.1) is 0 Å². The summed E-state index contributed by atoms with van der Waals surface area (Å²) in [5, 5.41) is 4.77. The van der Waals surface area contributed by atoms with E-state index in [1.165, 1.54) is 60.8 Å². The van der Waals surface area contributed by atoms with Gasteiger partial charge in [0.25, 0.3) is 0 Å². The van der Waals surface area contributed by atoms with Crippen LogP contribution >= 0.6 is 0 Å². The number of benzene rings is 11. The monoisotopic (exact) mass is 892 g/mol. The lowest BCUT2D eigenvalue weighted by atomic mass is 9.68. The lowest BCUT2D eigenvalue weighted by molar-refractivity contribution is 0.669. The molecule has 0 spiro atoms. The van der Waals surface area contributed by atoms with Crippen molar-refractivity contribution in [3.63, 3.8) is 0 Å². The highest BCUT2D eigenvalue weighted by Crippen LogP contribution is 2.57. The third-order valence-electron chi connectivity index (χ3n) is 14.7. The summed E-state index contributed by atoms with van der Waals surface area (Å²) in [5.74, 6) is 0. The molecule has 0 aliphatic heterocycles. The molecule has 0 radical (unpaired) electrons. The minimum absolute atomic E-state index is 0.476. The topological polar surface area (TPSA) is 21.3 Å². The maximum atomic E-state index is 6.16. The van der Waals surface area contributed by atoms with Crippen molar-refractivity contribution < 1.29 is 4.42 Å². The predicted octanol–water partition coefficient (Wildman–Crippen LogP) is 17.8. The van der Waals surface area contributed by atoms with Gasteiger partial charge < -0.3 is 13.9 Å². The summed E-state index contributed by atoms with van der Waals surface area (Å²) < 4.78 is 8.55. The first-order valence-corrected chi connectivity index (χ1v) is 24.1. The van der Waals surface area contributed by atoms with E-state index in [0.717, 1.165) is 61.4 Å². The average Bonchev–Trinajstić information content (AvgIpc) is 4.08. The molecule has 0 saturated carbocycles. The van der Waals surface area contributed by atoms with Gasteiger partial charge >= 0.3 is 0 Å². The van der Waals surface area contributed by atoms with E-state index in [4.69, 9.17) is 4.42 Å². The maximum absolute atomic E-state index is 6.16. The zero-order chi connectivity index (χ0) is 46.2. The zero-order valence-corrected chi connectivity index (χ0v) is 38.2. The van der Waals surface area contributed by atoms with Crippen molar-refractivity contribution in [2.24, 2.45) is 0 Å². The maximum Gasteiger partial charge on any atom is 0.135 e. The standard InChI is InChI=1S/C67H44N2O/c1-3-18-49(19-4-1)67(50-20-5-2-6-21-50)61-26-11-7-22-55(61)59-44-54(39-40-62(59)67)68(52-35-37-53(38-36-52)69-63-27-12-8-23-56(63)57-24-9-13-28-64(57)69)51-33-30-45(31-34-51)46-16-15-17-47(42-46)48-32-41-66-60(43-48)58-25-10-14-29-65(58)70-66/h1-44H. The summed E-state index contributed by atoms with van der Waals surface area (Å²) >= 11 is 0. The van der Waals surface area contributed by atoms with Gasteiger partial charge in [-0.25, -0.2) is 0 Å². The molecule has 0 saturated heterocycles. The number of rotatable bonds is 8. The quantitative estimate of drug-likeness (QED) is 0.152. The zero-order valence-electron chi connectivity index (χ0n) is 38.2. The number of aromatic nitrogens is 1. The van der Waals surface area contributed by atoms with Gasteiger partial charge in [-0.1, -0.05) is 182 Å². The van der Waals surface area contributed by atoms with E-state index in [0.29, 0.717) is 0 Å². The van der Waals surface area contributed by atoms with E-state index in [-0.39, 0.29) is 0 Å². The van der Waals surface area contributed by atoms with Crippen molar-refractivity contribution in [2.45, 2.75) is 5.41 Å². The molecule has 328 valence electrons. The van der Waals surface area contributed by atoms with Gasteiger partial charge in [0.2, 0.25) is 0 Å². The van der Waals surface area contributed by atoms with E-state index in [1.54, 1.807) is 0 Å². The Kier molecular flexibility index (Phi) is 9.11.